The fourth-order valence-electron chi connectivity index (χ4n) is 10.5. The van der Waals surface area contributed by atoms with E-state index in [4.69, 9.17) is 28.4 Å². The molecule has 2 N–H and O–H groups in total. The van der Waals surface area contributed by atoms with Crippen molar-refractivity contribution in [3.63, 3.8) is 0 Å². The third-order valence-corrected chi connectivity index (χ3v) is 15.3. The highest BCUT2D eigenvalue weighted by molar-refractivity contribution is 5.76. The van der Waals surface area contributed by atoms with Gasteiger partial charge in [0.1, 0.15) is 24.4 Å². The molecule has 5 aromatic rings. The van der Waals surface area contributed by atoms with Crippen molar-refractivity contribution in [2.45, 2.75) is 224 Å². The highest BCUT2D eigenvalue weighted by Crippen LogP contribution is 2.33. The average Bonchev–Trinajstić information content (AvgIpc) is 3.49. The summed E-state index contributed by atoms with van der Waals surface area (Å²) in [6.07, 6.45) is 22.4. The number of carbonyl (C=O) groups is 1. The lowest BCUT2D eigenvalue weighted by molar-refractivity contribution is -0.331. The van der Waals surface area contributed by atoms with Gasteiger partial charge in [0, 0.05) is 6.42 Å². The van der Waals surface area contributed by atoms with Gasteiger partial charge in [-0.3, -0.25) is 4.79 Å². The van der Waals surface area contributed by atoms with Crippen LogP contribution < -0.4 is 5.32 Å². The molecule has 1 fully saturated rings. The smallest absolute Gasteiger partial charge is 0.220 e. The average molecular weight is 1070 g/mol. The van der Waals surface area contributed by atoms with Crippen LogP contribution in [0.3, 0.4) is 0 Å². The first-order chi connectivity index (χ1) is 38.5. The topological polar surface area (TPSA) is 105 Å². The molecule has 1 amide bonds. The molecule has 0 radical (unpaired) electrons. The van der Waals surface area contributed by atoms with Crippen molar-refractivity contribution in [1.29, 1.82) is 0 Å². The van der Waals surface area contributed by atoms with E-state index in [0.717, 1.165) is 53.5 Å². The molecule has 426 valence electrons. The lowest BCUT2D eigenvalue weighted by Crippen LogP contribution is -2.63. The van der Waals surface area contributed by atoms with Crippen molar-refractivity contribution in [1.82, 2.24) is 5.32 Å². The minimum absolute atomic E-state index is 0.0294. The van der Waals surface area contributed by atoms with Crippen LogP contribution in [0.5, 0.6) is 0 Å². The Kier molecular flexibility index (Phi) is 30.5. The second kappa shape index (κ2) is 38.0. The molecule has 0 bridgehead atoms. The molecule has 9 heteroatoms. The van der Waals surface area contributed by atoms with Gasteiger partial charge in [-0.1, -0.05) is 269 Å². The standard InChI is InChI=1S/C69H97NO8/c1-3-5-7-9-11-12-13-14-15-16-17-19-33-43-64(72)70-69(55-71,49-48-58-46-44-57(45-47-58)34-24-18-10-8-6-4-2)56-77-68-67(76-53-62-41-31-23-32-42-62)66(75-52-61-39-29-22-30-40-61)65(74-51-60-37-27-21-28-38-60)63(78-68)54-73-50-59-35-25-20-26-36-59/h20-23,25-32,35-42,44-47,63,65-68,71H,3-19,24,33-34,43,48-56H2,1-2H3,(H,70,72)/t63-,65+,66+,67-,68+,69?/m1/s1. The Morgan fingerprint density at radius 1 is 0.462 bits per heavy atom. The van der Waals surface area contributed by atoms with Gasteiger partial charge in [0.15, 0.2) is 6.29 Å². The maximum Gasteiger partial charge on any atom is 0.220 e. The van der Waals surface area contributed by atoms with E-state index in [1.54, 1.807) is 0 Å². The Morgan fingerprint density at radius 2 is 0.872 bits per heavy atom. The number of benzene rings is 5. The Labute approximate surface area is 470 Å². The largest absolute Gasteiger partial charge is 0.394 e. The van der Waals surface area contributed by atoms with Crippen molar-refractivity contribution in [2.75, 3.05) is 19.8 Å². The molecule has 1 saturated heterocycles. The first kappa shape index (κ1) is 62.5. The molecule has 6 rings (SSSR count). The number of hydrogen-bond donors (Lipinski definition) is 2. The lowest BCUT2D eigenvalue weighted by Gasteiger charge is -2.46. The highest BCUT2D eigenvalue weighted by atomic mass is 16.7. The number of aliphatic hydroxyl groups is 1. The van der Waals surface area contributed by atoms with E-state index in [1.807, 2.05) is 121 Å². The first-order valence-electron chi connectivity index (χ1n) is 30.3. The van der Waals surface area contributed by atoms with Gasteiger partial charge < -0.3 is 38.8 Å². The zero-order chi connectivity index (χ0) is 54.6. The quantitative estimate of drug-likeness (QED) is 0.0373. The van der Waals surface area contributed by atoms with Crippen LogP contribution >= 0.6 is 0 Å². The molecule has 5 aromatic carbocycles. The van der Waals surface area contributed by atoms with Crippen LogP contribution in [0.25, 0.3) is 0 Å². The number of amides is 1. The Morgan fingerprint density at radius 3 is 1.35 bits per heavy atom. The molecule has 0 spiro atoms. The fourth-order valence-corrected chi connectivity index (χ4v) is 10.5. The van der Waals surface area contributed by atoms with Crippen molar-refractivity contribution in [3.05, 3.63) is 179 Å². The van der Waals surface area contributed by atoms with E-state index < -0.39 is 36.2 Å². The minimum atomic E-state index is -1.13. The second-order valence-electron chi connectivity index (χ2n) is 22.0. The van der Waals surface area contributed by atoms with E-state index in [0.29, 0.717) is 39.1 Å². The third kappa shape index (κ3) is 23.9. The normalized spacial score (nSPS) is 18.2. The molecule has 1 aliphatic heterocycles. The van der Waals surface area contributed by atoms with Crippen molar-refractivity contribution in [3.8, 4) is 0 Å². The number of unbranched alkanes of at least 4 members (excludes halogenated alkanes) is 17. The number of carbonyl (C=O) groups excluding carboxylic acids is 1. The number of rotatable bonds is 42. The molecule has 6 atom stereocenters. The van der Waals surface area contributed by atoms with Crippen LogP contribution in [0.2, 0.25) is 0 Å². The summed E-state index contributed by atoms with van der Waals surface area (Å²) in [6, 6.07) is 49.3. The van der Waals surface area contributed by atoms with Gasteiger partial charge in [0.05, 0.1) is 51.8 Å². The molecule has 0 aromatic heterocycles. The summed E-state index contributed by atoms with van der Waals surface area (Å²) in [5, 5.41) is 14.9. The summed E-state index contributed by atoms with van der Waals surface area (Å²) in [5.41, 5.74) is 5.39. The number of aliphatic hydroxyl groups excluding tert-OH is 1. The maximum atomic E-state index is 14.1. The Hall–Kier alpha value is -4.71. The van der Waals surface area contributed by atoms with Crippen molar-refractivity contribution < 1.29 is 38.3 Å². The summed E-state index contributed by atoms with van der Waals surface area (Å²) >= 11 is 0. The van der Waals surface area contributed by atoms with Crippen LogP contribution in [-0.4, -0.2) is 67.1 Å². The molecule has 1 unspecified atom stereocenters. The Balaban J connectivity index is 1.21. The molecule has 9 nitrogen and oxygen atoms in total. The van der Waals surface area contributed by atoms with Crippen LogP contribution in [0, 0.1) is 0 Å². The highest BCUT2D eigenvalue weighted by Gasteiger charge is 2.50. The second-order valence-corrected chi connectivity index (χ2v) is 22.0. The molecule has 1 heterocycles. The monoisotopic (exact) mass is 1070 g/mol. The zero-order valence-corrected chi connectivity index (χ0v) is 47.8. The number of ether oxygens (including phenoxy) is 6. The Bertz CT molecular complexity index is 2250. The molecule has 0 saturated carbocycles. The van der Waals surface area contributed by atoms with Gasteiger partial charge in [-0.2, -0.15) is 0 Å². The van der Waals surface area contributed by atoms with E-state index in [9.17, 15) is 9.90 Å². The zero-order valence-electron chi connectivity index (χ0n) is 47.8. The van der Waals surface area contributed by atoms with Gasteiger partial charge in [0.25, 0.3) is 0 Å². The van der Waals surface area contributed by atoms with Crippen LogP contribution in [0.15, 0.2) is 146 Å². The summed E-state index contributed by atoms with van der Waals surface area (Å²) in [6.45, 7) is 5.60. The summed E-state index contributed by atoms with van der Waals surface area (Å²) in [5.74, 6) is -0.0860. The molecular weight excluding hydrogens is 971 g/mol. The summed E-state index contributed by atoms with van der Waals surface area (Å²) in [4.78, 5) is 14.1. The molecule has 1 aliphatic rings. The summed E-state index contributed by atoms with van der Waals surface area (Å²) < 4.78 is 41.4. The molecule has 0 aliphatic carbocycles. The van der Waals surface area contributed by atoms with E-state index in [-0.39, 0.29) is 32.3 Å². The molecular formula is C69H97NO8. The van der Waals surface area contributed by atoms with Crippen LogP contribution in [0.1, 0.15) is 182 Å². The van der Waals surface area contributed by atoms with Crippen LogP contribution in [-0.2, 0) is 72.5 Å². The first-order valence-corrected chi connectivity index (χ1v) is 30.3. The fraction of sp³-hybridized carbons (Fsp3) is 0.551. The predicted molar refractivity (Wildman–Crippen MR) is 316 cm³/mol. The van der Waals surface area contributed by atoms with Crippen molar-refractivity contribution >= 4 is 5.91 Å². The number of aryl methyl sites for hydroxylation is 2. The lowest BCUT2D eigenvalue weighted by atomic mass is 9.91. The molecule has 78 heavy (non-hydrogen) atoms. The van der Waals surface area contributed by atoms with E-state index in [1.165, 1.54) is 108 Å². The van der Waals surface area contributed by atoms with Gasteiger partial charge in [-0.15, -0.1) is 0 Å². The third-order valence-electron chi connectivity index (χ3n) is 15.3. The SMILES string of the molecule is CCCCCCCCCCCCCCCC(=O)NC(CO)(CCc1ccc(CCCCCCCC)cc1)CO[C@H]1O[C@H](COCc2ccccc2)[C@H](OCc2ccccc2)[C@H](OCc2ccccc2)[C@H]1OCc1ccccc1. The maximum absolute atomic E-state index is 14.1. The van der Waals surface area contributed by atoms with Gasteiger partial charge in [0.2, 0.25) is 5.91 Å². The minimum Gasteiger partial charge on any atom is -0.394 e. The van der Waals surface area contributed by atoms with Crippen LogP contribution in [0.4, 0.5) is 0 Å². The van der Waals surface area contributed by atoms with Gasteiger partial charge >= 0.3 is 0 Å². The van der Waals surface area contributed by atoms with E-state index in [2.05, 4.69) is 43.4 Å². The van der Waals surface area contributed by atoms with E-state index >= 15 is 0 Å². The predicted octanol–water partition coefficient (Wildman–Crippen LogP) is 15.6. The van der Waals surface area contributed by atoms with Crippen molar-refractivity contribution in [2.24, 2.45) is 0 Å². The number of nitrogens with one attached hydrogen (secondary N) is 1. The number of hydrogen-bond acceptors (Lipinski definition) is 8. The van der Waals surface area contributed by atoms with Gasteiger partial charge in [-0.05, 0) is 65.5 Å². The summed E-state index contributed by atoms with van der Waals surface area (Å²) in [7, 11) is 0. The van der Waals surface area contributed by atoms with Gasteiger partial charge in [-0.25, -0.2) is 0 Å².